The van der Waals surface area contributed by atoms with E-state index in [1.165, 1.54) is 6.07 Å². The van der Waals surface area contributed by atoms with Gasteiger partial charge in [0, 0.05) is 18.7 Å². The standard InChI is InChI=1S/C14H16F2N2O/c1-2-18(9-11-4-3-7-19-11)12-6-5-10(8-17)13(15)14(12)16/h3-7H,2,8-9,17H2,1H3. The predicted octanol–water partition coefficient (Wildman–Crippen LogP) is 3.04. The molecule has 0 fully saturated rings. The van der Waals surface area contributed by atoms with Gasteiger partial charge in [-0.25, -0.2) is 8.78 Å². The Morgan fingerprint density at radius 3 is 2.58 bits per heavy atom. The zero-order chi connectivity index (χ0) is 13.8. The van der Waals surface area contributed by atoms with Gasteiger partial charge in [0.15, 0.2) is 11.6 Å². The minimum absolute atomic E-state index is 0.0205. The number of benzene rings is 1. The van der Waals surface area contributed by atoms with E-state index >= 15 is 0 Å². The van der Waals surface area contributed by atoms with Crippen LogP contribution in [-0.4, -0.2) is 6.54 Å². The summed E-state index contributed by atoms with van der Waals surface area (Å²) in [5, 5.41) is 0. The molecule has 2 N–H and O–H groups in total. The van der Waals surface area contributed by atoms with Crippen molar-refractivity contribution >= 4 is 5.69 Å². The molecule has 0 saturated carbocycles. The van der Waals surface area contributed by atoms with Crippen LogP contribution in [0.1, 0.15) is 18.2 Å². The van der Waals surface area contributed by atoms with Crippen LogP contribution in [0, 0.1) is 11.6 Å². The monoisotopic (exact) mass is 266 g/mol. The first-order valence-corrected chi connectivity index (χ1v) is 6.11. The van der Waals surface area contributed by atoms with Gasteiger partial charge >= 0.3 is 0 Å². The molecule has 5 heteroatoms. The zero-order valence-corrected chi connectivity index (χ0v) is 10.7. The largest absolute Gasteiger partial charge is 0.467 e. The fourth-order valence-electron chi connectivity index (χ4n) is 1.94. The Kier molecular flexibility index (Phi) is 4.16. The van der Waals surface area contributed by atoms with E-state index in [-0.39, 0.29) is 17.8 Å². The molecule has 2 aromatic rings. The smallest absolute Gasteiger partial charge is 0.182 e. The number of furan rings is 1. The molecule has 2 rings (SSSR count). The molecule has 3 nitrogen and oxygen atoms in total. The summed E-state index contributed by atoms with van der Waals surface area (Å²) >= 11 is 0. The van der Waals surface area contributed by atoms with E-state index in [1.807, 2.05) is 6.92 Å². The highest BCUT2D eigenvalue weighted by Crippen LogP contribution is 2.25. The van der Waals surface area contributed by atoms with E-state index in [4.69, 9.17) is 10.2 Å². The maximum atomic E-state index is 14.0. The SMILES string of the molecule is CCN(Cc1ccco1)c1ccc(CN)c(F)c1F. The van der Waals surface area contributed by atoms with Crippen LogP contribution in [0.3, 0.4) is 0 Å². The predicted molar refractivity (Wildman–Crippen MR) is 69.7 cm³/mol. The van der Waals surface area contributed by atoms with Crippen molar-refractivity contribution in [2.45, 2.75) is 20.0 Å². The van der Waals surface area contributed by atoms with Crippen LogP contribution in [0.2, 0.25) is 0 Å². The number of hydrogen-bond donors (Lipinski definition) is 1. The maximum Gasteiger partial charge on any atom is 0.182 e. The molecule has 1 heterocycles. The molecule has 0 saturated heterocycles. The van der Waals surface area contributed by atoms with Crippen molar-refractivity contribution in [2.24, 2.45) is 5.73 Å². The van der Waals surface area contributed by atoms with E-state index < -0.39 is 11.6 Å². The third-order valence-corrected chi connectivity index (χ3v) is 3.01. The molecule has 1 aromatic carbocycles. The highest BCUT2D eigenvalue weighted by Gasteiger charge is 2.17. The van der Waals surface area contributed by atoms with Crippen LogP contribution in [0.4, 0.5) is 14.5 Å². The molecule has 0 unspecified atom stereocenters. The lowest BCUT2D eigenvalue weighted by atomic mass is 10.1. The third-order valence-electron chi connectivity index (χ3n) is 3.01. The molecule has 0 bridgehead atoms. The number of nitrogens with zero attached hydrogens (tertiary/aromatic N) is 1. The van der Waals surface area contributed by atoms with Crippen LogP contribution < -0.4 is 10.6 Å². The second-order valence-corrected chi connectivity index (χ2v) is 4.17. The lowest BCUT2D eigenvalue weighted by Gasteiger charge is -2.23. The fraction of sp³-hybridized carbons (Fsp3) is 0.286. The summed E-state index contributed by atoms with van der Waals surface area (Å²) < 4.78 is 33.0. The van der Waals surface area contributed by atoms with Crippen LogP contribution >= 0.6 is 0 Å². The topological polar surface area (TPSA) is 42.4 Å². The Hall–Kier alpha value is -1.88. The summed E-state index contributed by atoms with van der Waals surface area (Å²) in [6.07, 6.45) is 1.55. The molecular weight excluding hydrogens is 250 g/mol. The Labute approximate surface area is 110 Å². The Morgan fingerprint density at radius 2 is 2.00 bits per heavy atom. The van der Waals surface area contributed by atoms with Gasteiger partial charge in [-0.15, -0.1) is 0 Å². The minimum Gasteiger partial charge on any atom is -0.467 e. The quantitative estimate of drug-likeness (QED) is 0.904. The summed E-state index contributed by atoms with van der Waals surface area (Å²) in [6, 6.07) is 6.62. The highest BCUT2D eigenvalue weighted by atomic mass is 19.2. The number of anilines is 1. The van der Waals surface area contributed by atoms with Crippen molar-refractivity contribution in [3.8, 4) is 0 Å². The lowest BCUT2D eigenvalue weighted by molar-refractivity contribution is 0.485. The normalized spacial score (nSPS) is 10.7. The van der Waals surface area contributed by atoms with Crippen molar-refractivity contribution in [3.63, 3.8) is 0 Å². The Balaban J connectivity index is 2.30. The minimum atomic E-state index is -0.877. The van der Waals surface area contributed by atoms with Crippen LogP contribution in [-0.2, 0) is 13.1 Å². The molecule has 0 atom stereocenters. The average molecular weight is 266 g/mol. The van der Waals surface area contributed by atoms with Gasteiger partial charge in [0.05, 0.1) is 18.5 Å². The second kappa shape index (κ2) is 5.84. The first-order valence-electron chi connectivity index (χ1n) is 6.11. The first-order chi connectivity index (χ1) is 9.17. The second-order valence-electron chi connectivity index (χ2n) is 4.17. The van der Waals surface area contributed by atoms with Crippen molar-refractivity contribution in [3.05, 3.63) is 53.5 Å². The van der Waals surface area contributed by atoms with Crippen LogP contribution in [0.15, 0.2) is 34.9 Å². The molecule has 1 aromatic heterocycles. The fourth-order valence-corrected chi connectivity index (χ4v) is 1.94. The van der Waals surface area contributed by atoms with E-state index in [9.17, 15) is 8.78 Å². The van der Waals surface area contributed by atoms with E-state index in [0.717, 1.165) is 0 Å². The van der Waals surface area contributed by atoms with Gasteiger partial charge in [-0.3, -0.25) is 0 Å². The van der Waals surface area contributed by atoms with Crippen LogP contribution in [0.5, 0.6) is 0 Å². The van der Waals surface area contributed by atoms with Gasteiger partial charge in [0.2, 0.25) is 0 Å². The summed E-state index contributed by atoms with van der Waals surface area (Å²) in [5.74, 6) is -1.04. The van der Waals surface area contributed by atoms with Gasteiger partial charge in [-0.2, -0.15) is 0 Å². The molecule has 0 radical (unpaired) electrons. The van der Waals surface area contributed by atoms with Gasteiger partial charge < -0.3 is 15.1 Å². The molecule has 0 aliphatic heterocycles. The van der Waals surface area contributed by atoms with Crippen molar-refractivity contribution in [2.75, 3.05) is 11.4 Å². The number of hydrogen-bond acceptors (Lipinski definition) is 3. The molecule has 0 spiro atoms. The summed E-state index contributed by atoms with van der Waals surface area (Å²) in [4.78, 5) is 1.71. The summed E-state index contributed by atoms with van der Waals surface area (Å²) in [5.41, 5.74) is 5.75. The lowest BCUT2D eigenvalue weighted by Crippen LogP contribution is -2.23. The molecular formula is C14H16F2N2O. The van der Waals surface area contributed by atoms with Gasteiger partial charge in [-0.05, 0) is 25.1 Å². The molecule has 102 valence electrons. The van der Waals surface area contributed by atoms with E-state index in [1.54, 1.807) is 29.4 Å². The summed E-state index contributed by atoms with van der Waals surface area (Å²) in [7, 11) is 0. The van der Waals surface area contributed by atoms with Crippen molar-refractivity contribution < 1.29 is 13.2 Å². The van der Waals surface area contributed by atoms with Crippen molar-refractivity contribution in [1.82, 2.24) is 0 Å². The number of rotatable bonds is 5. The van der Waals surface area contributed by atoms with Crippen LogP contribution in [0.25, 0.3) is 0 Å². The Bertz CT molecular complexity index is 541. The zero-order valence-electron chi connectivity index (χ0n) is 10.7. The first kappa shape index (κ1) is 13.5. The molecule has 0 aliphatic carbocycles. The molecule has 0 amide bonds. The summed E-state index contributed by atoms with van der Waals surface area (Å²) in [6.45, 7) is 2.78. The molecule has 0 aliphatic rings. The van der Waals surface area contributed by atoms with E-state index in [0.29, 0.717) is 18.8 Å². The van der Waals surface area contributed by atoms with Gasteiger partial charge in [0.1, 0.15) is 5.76 Å². The maximum absolute atomic E-state index is 14.0. The third kappa shape index (κ3) is 2.76. The Morgan fingerprint density at radius 1 is 1.21 bits per heavy atom. The van der Waals surface area contributed by atoms with Gasteiger partial charge in [0.25, 0.3) is 0 Å². The average Bonchev–Trinajstić information content (AvgIpc) is 2.92. The van der Waals surface area contributed by atoms with E-state index in [2.05, 4.69) is 0 Å². The molecule has 19 heavy (non-hydrogen) atoms. The number of nitrogens with two attached hydrogens (primary N) is 1. The van der Waals surface area contributed by atoms with Crippen molar-refractivity contribution in [1.29, 1.82) is 0 Å². The highest BCUT2D eigenvalue weighted by molar-refractivity contribution is 5.50. The van der Waals surface area contributed by atoms with Gasteiger partial charge in [-0.1, -0.05) is 6.07 Å². The number of halogens is 2.